The molecule has 2 heterocycles. The van der Waals surface area contributed by atoms with Crippen LogP contribution in [0.4, 0.5) is 15.8 Å². The fourth-order valence-corrected chi connectivity index (χ4v) is 8.01. The van der Waals surface area contributed by atoms with Gasteiger partial charge in [-0.05, 0) is 110 Å². The third kappa shape index (κ3) is 9.89. The van der Waals surface area contributed by atoms with Crippen LogP contribution in [0.25, 0.3) is 21.8 Å². The Bertz CT molecular complexity index is 2830. The molecule has 0 aliphatic rings. The van der Waals surface area contributed by atoms with Gasteiger partial charge in [0.05, 0.1) is 22.2 Å². The lowest BCUT2D eigenvalue weighted by Gasteiger charge is -2.08. The van der Waals surface area contributed by atoms with Gasteiger partial charge in [-0.3, -0.25) is 19.2 Å². The van der Waals surface area contributed by atoms with Crippen LogP contribution in [-0.2, 0) is 22.7 Å². The number of aromatic nitrogens is 2. The van der Waals surface area contributed by atoms with Gasteiger partial charge in [-0.25, -0.2) is 4.39 Å². The molecule has 2 amide bonds. The Hall–Kier alpha value is -5.94. The van der Waals surface area contributed by atoms with E-state index in [1.807, 2.05) is 79.1 Å². The third-order valence-electron chi connectivity index (χ3n) is 9.85. The highest BCUT2D eigenvalue weighted by Gasteiger charge is 2.28. The topological polar surface area (TPSA) is 102 Å². The zero-order valence-corrected chi connectivity index (χ0v) is 36.7. The minimum atomic E-state index is -0.889. The van der Waals surface area contributed by atoms with Crippen molar-refractivity contribution in [2.24, 2.45) is 0 Å². The number of amides is 2. The van der Waals surface area contributed by atoms with E-state index in [2.05, 4.69) is 10.6 Å². The van der Waals surface area contributed by atoms with Gasteiger partial charge in [-0.2, -0.15) is 0 Å². The van der Waals surface area contributed by atoms with Crippen LogP contribution in [0.1, 0.15) is 43.0 Å². The highest BCUT2D eigenvalue weighted by Crippen LogP contribution is 2.34. The molecule has 0 spiro atoms. The first-order valence-electron chi connectivity index (χ1n) is 18.9. The lowest BCUT2D eigenvalue weighted by Crippen LogP contribution is -2.23. The molecule has 6 aromatic carbocycles. The average molecular weight is 927 g/mol. The summed E-state index contributed by atoms with van der Waals surface area (Å²) in [4.78, 5) is 51.6. The zero-order valence-electron chi connectivity index (χ0n) is 32.9. The van der Waals surface area contributed by atoms with Crippen molar-refractivity contribution in [3.05, 3.63) is 198 Å². The van der Waals surface area contributed by atoms with Gasteiger partial charge < -0.3 is 19.8 Å². The summed E-state index contributed by atoms with van der Waals surface area (Å²) in [5.41, 5.74) is 6.19. The van der Waals surface area contributed by atoms with E-state index in [0.29, 0.717) is 44.6 Å². The molecule has 0 aliphatic carbocycles. The Labute approximate surface area is 380 Å². The second kappa shape index (κ2) is 19.0. The number of hydrogen-bond donors (Lipinski definition) is 2. The summed E-state index contributed by atoms with van der Waals surface area (Å²) in [6, 6.07) is 37.9. The van der Waals surface area contributed by atoms with E-state index in [1.165, 1.54) is 18.2 Å². The molecule has 8 rings (SSSR count). The van der Waals surface area contributed by atoms with Crippen molar-refractivity contribution in [2.45, 2.75) is 26.9 Å². The van der Waals surface area contributed by atoms with Crippen molar-refractivity contribution < 1.29 is 23.6 Å². The molecule has 62 heavy (non-hydrogen) atoms. The number of rotatable bonds is 10. The minimum Gasteiger partial charge on any atom is -0.327 e. The first kappa shape index (κ1) is 44.1. The van der Waals surface area contributed by atoms with E-state index in [0.717, 1.165) is 39.4 Å². The van der Waals surface area contributed by atoms with Gasteiger partial charge in [-0.1, -0.05) is 118 Å². The molecule has 8 aromatic rings. The fraction of sp³-hybridized carbons (Fsp3) is 0.0833. The lowest BCUT2D eigenvalue weighted by atomic mass is 10.1. The first-order valence-corrected chi connectivity index (χ1v) is 20.8. The fourth-order valence-electron chi connectivity index (χ4n) is 6.90. The van der Waals surface area contributed by atoms with Gasteiger partial charge >= 0.3 is 0 Å². The summed E-state index contributed by atoms with van der Waals surface area (Å²) < 4.78 is 17.0. The van der Waals surface area contributed by atoms with Gasteiger partial charge in [0.2, 0.25) is 0 Å². The third-order valence-corrected chi connectivity index (χ3v) is 11.4. The number of benzene rings is 6. The SMILES string of the molecule is Cc1ccc2c(c1)c(C(=O)C(=O)Nc1cccc(Cl)c1)c(Cl)n2Cc1ccc(Cl)cc1.Cc1ccc2c(c1)c(C(=O)C(=O)Nc1cccc(F)c1)c(Cl)n2Cc1ccc(Cl)cc1. The first-order chi connectivity index (χ1) is 29.7. The molecule has 312 valence electrons. The monoisotopic (exact) mass is 924 g/mol. The van der Waals surface area contributed by atoms with E-state index in [-0.39, 0.29) is 27.1 Å². The molecular weight excluding hydrogens is 893 g/mol. The predicted octanol–water partition coefficient (Wildman–Crippen LogP) is 13.0. The van der Waals surface area contributed by atoms with Crippen molar-refractivity contribution >= 4 is 115 Å². The van der Waals surface area contributed by atoms with Crippen LogP contribution in [0.15, 0.2) is 133 Å². The molecule has 2 aromatic heterocycles. The van der Waals surface area contributed by atoms with E-state index in [9.17, 15) is 23.6 Å². The van der Waals surface area contributed by atoms with Crippen LogP contribution >= 0.6 is 58.0 Å². The molecule has 0 saturated heterocycles. The van der Waals surface area contributed by atoms with Gasteiger partial charge in [0, 0.05) is 50.3 Å². The maximum absolute atomic E-state index is 13.4. The van der Waals surface area contributed by atoms with E-state index < -0.39 is 29.2 Å². The minimum absolute atomic E-state index is 0.114. The average Bonchev–Trinajstić information content (AvgIpc) is 3.66. The smallest absolute Gasteiger partial charge is 0.296 e. The number of anilines is 2. The number of aryl methyl sites for hydroxylation is 2. The Morgan fingerprint density at radius 1 is 0.500 bits per heavy atom. The number of nitrogens with one attached hydrogen (secondary N) is 2. The lowest BCUT2D eigenvalue weighted by molar-refractivity contribution is -0.113. The highest BCUT2D eigenvalue weighted by atomic mass is 35.5. The Morgan fingerprint density at radius 3 is 1.34 bits per heavy atom. The molecule has 2 N–H and O–H groups in total. The van der Waals surface area contributed by atoms with Gasteiger partial charge in [0.25, 0.3) is 23.4 Å². The second-order valence-electron chi connectivity index (χ2n) is 14.4. The number of nitrogens with zero attached hydrogens (tertiary/aromatic N) is 2. The molecule has 0 bridgehead atoms. The van der Waals surface area contributed by atoms with Gasteiger partial charge in [-0.15, -0.1) is 0 Å². The summed E-state index contributed by atoms with van der Waals surface area (Å²) in [6.45, 7) is 4.64. The predicted molar refractivity (Wildman–Crippen MR) is 248 cm³/mol. The van der Waals surface area contributed by atoms with E-state index in [1.54, 1.807) is 53.1 Å². The van der Waals surface area contributed by atoms with E-state index in [4.69, 9.17) is 58.0 Å². The Morgan fingerprint density at radius 2 is 0.919 bits per heavy atom. The number of carbonyl (C=O) groups excluding carboxylic acids is 4. The normalized spacial score (nSPS) is 11.0. The van der Waals surface area contributed by atoms with Gasteiger partial charge in [0.1, 0.15) is 16.1 Å². The summed E-state index contributed by atoms with van der Waals surface area (Å²) in [5, 5.41) is 8.33. The van der Waals surface area contributed by atoms with Crippen LogP contribution < -0.4 is 10.6 Å². The highest BCUT2D eigenvalue weighted by molar-refractivity contribution is 6.52. The number of halogens is 6. The van der Waals surface area contributed by atoms with Crippen molar-refractivity contribution in [2.75, 3.05) is 10.6 Å². The maximum atomic E-state index is 13.4. The molecule has 8 nitrogen and oxygen atoms in total. The van der Waals surface area contributed by atoms with Crippen LogP contribution in [0.5, 0.6) is 0 Å². The molecule has 0 atom stereocenters. The Kier molecular flexibility index (Phi) is 13.5. The molecule has 0 unspecified atom stereocenters. The van der Waals surface area contributed by atoms with Crippen molar-refractivity contribution in [3.8, 4) is 0 Å². The standard InChI is InChI=1S/C24H17Cl3N2O2.C24H17Cl2FN2O2/c1-14-5-10-20-19(11-14)21(22(30)24(31)28-18-4-2-3-17(26)12-18)23(27)29(20)13-15-6-8-16(25)9-7-15;1-14-5-10-20-19(11-14)21(22(30)24(31)28-18-4-2-3-17(27)12-18)23(26)29(20)13-15-6-8-16(25)9-7-15/h2*2-12H,13H2,1H3,(H,28,31). The number of carbonyl (C=O) groups is 4. The summed E-state index contributed by atoms with van der Waals surface area (Å²) in [6.07, 6.45) is 0. The number of hydrogen-bond acceptors (Lipinski definition) is 4. The zero-order chi connectivity index (χ0) is 44.2. The second-order valence-corrected chi connectivity index (χ2v) is 16.4. The maximum Gasteiger partial charge on any atom is 0.296 e. The van der Waals surface area contributed by atoms with Crippen molar-refractivity contribution in [1.29, 1.82) is 0 Å². The number of ketones is 2. The molecule has 0 radical (unpaired) electrons. The van der Waals surface area contributed by atoms with Gasteiger partial charge in [0.15, 0.2) is 0 Å². The van der Waals surface area contributed by atoms with E-state index >= 15 is 0 Å². The summed E-state index contributed by atoms with van der Waals surface area (Å²) in [5.74, 6) is -3.69. The summed E-state index contributed by atoms with van der Waals surface area (Å²) in [7, 11) is 0. The van der Waals surface area contributed by atoms with Crippen molar-refractivity contribution in [1.82, 2.24) is 9.13 Å². The molecule has 0 fully saturated rings. The van der Waals surface area contributed by atoms with Crippen LogP contribution in [0.2, 0.25) is 25.4 Å². The quantitative estimate of drug-likeness (QED) is 0.105. The van der Waals surface area contributed by atoms with Crippen LogP contribution in [0, 0.1) is 19.7 Å². The number of Topliss-reactive ketones (excluding diaryl/α,β-unsaturated/α-hetero) is 2. The van der Waals surface area contributed by atoms with Crippen molar-refractivity contribution in [3.63, 3.8) is 0 Å². The van der Waals surface area contributed by atoms with Crippen LogP contribution in [-0.4, -0.2) is 32.5 Å². The van der Waals surface area contributed by atoms with Crippen LogP contribution in [0.3, 0.4) is 0 Å². The molecule has 0 aliphatic heterocycles. The molecule has 14 heteroatoms. The molecule has 0 saturated carbocycles. The summed E-state index contributed by atoms with van der Waals surface area (Å²) >= 11 is 31.2. The molecular formula is C48H34Cl5FN4O4. The Balaban J connectivity index is 0.000000186. The largest absolute Gasteiger partial charge is 0.327 e. The number of fused-ring (bicyclic) bond motifs is 2.